The van der Waals surface area contributed by atoms with E-state index in [0.29, 0.717) is 32.8 Å². The number of nitrogens with zero attached hydrogens (tertiary/aromatic N) is 1. The van der Waals surface area contributed by atoms with E-state index >= 15 is 0 Å². The summed E-state index contributed by atoms with van der Waals surface area (Å²) in [6, 6.07) is 0. The van der Waals surface area contributed by atoms with Crippen LogP contribution in [0.1, 0.15) is 85.5 Å². The first-order valence-corrected chi connectivity index (χ1v) is 14.4. The van der Waals surface area contributed by atoms with Crippen molar-refractivity contribution in [2.24, 2.45) is 0 Å². The molecule has 0 heterocycles. The molecule has 0 aromatic heterocycles. The summed E-state index contributed by atoms with van der Waals surface area (Å²) in [5.74, 6) is 0. The van der Waals surface area contributed by atoms with Crippen LogP contribution in [0.4, 0.5) is 0 Å². The summed E-state index contributed by atoms with van der Waals surface area (Å²) in [5.41, 5.74) is 0. The molecule has 0 fully saturated rings. The number of ether oxygens (including phenoxy) is 3. The molecule has 1 amide bonds. The van der Waals surface area contributed by atoms with E-state index < -0.39 is 25.9 Å². The first kappa shape index (κ1) is 32.5. The van der Waals surface area contributed by atoms with Crippen molar-refractivity contribution in [2.45, 2.75) is 104 Å². The van der Waals surface area contributed by atoms with E-state index in [2.05, 4.69) is 20.8 Å². The summed E-state index contributed by atoms with van der Waals surface area (Å²) in [6.45, 7) is 10.2. The molecule has 0 saturated heterocycles. The molecule has 0 rings (SSSR count). The molecule has 0 aromatic carbocycles. The molecule has 10 heteroatoms. The second-order valence-corrected chi connectivity index (χ2v) is 10.1. The Kier molecular flexibility index (Phi) is 20.5. The molecule has 33 heavy (non-hydrogen) atoms. The largest absolute Gasteiger partial charge is 0.375 e. The predicted molar refractivity (Wildman–Crippen MR) is 129 cm³/mol. The van der Waals surface area contributed by atoms with Crippen LogP contribution in [0.25, 0.3) is 0 Å². The lowest BCUT2D eigenvalue weighted by molar-refractivity contribution is -0.201. The van der Waals surface area contributed by atoms with Gasteiger partial charge in [0.15, 0.2) is 0 Å². The van der Waals surface area contributed by atoms with Gasteiger partial charge in [0.25, 0.3) is 0 Å². The van der Waals surface area contributed by atoms with Crippen LogP contribution in [0, 0.1) is 0 Å². The molecular weight excluding hydrogens is 449 g/mol. The lowest BCUT2D eigenvalue weighted by Crippen LogP contribution is -2.49. The lowest BCUT2D eigenvalue weighted by Gasteiger charge is -2.35. The zero-order valence-corrected chi connectivity index (χ0v) is 22.0. The third-order valence-corrected chi connectivity index (χ3v) is 5.98. The Labute approximate surface area is 200 Å². The minimum absolute atomic E-state index is 0.135. The SMILES string of the molecule is CCCCO[C@@H]([C@@H](CCP(=O)(O)O)OCCCC)[C@@H](CN(C=O)OCCCC)OCCCC. The summed E-state index contributed by atoms with van der Waals surface area (Å²) in [5, 5.41) is 1.23. The van der Waals surface area contributed by atoms with Crippen LogP contribution in [0.5, 0.6) is 0 Å². The third kappa shape index (κ3) is 17.5. The van der Waals surface area contributed by atoms with Crippen molar-refractivity contribution in [3.8, 4) is 0 Å². The lowest BCUT2D eigenvalue weighted by atomic mass is 10.0. The van der Waals surface area contributed by atoms with Crippen LogP contribution in [-0.4, -0.2) is 78.7 Å². The van der Waals surface area contributed by atoms with Crippen molar-refractivity contribution in [3.63, 3.8) is 0 Å². The zero-order chi connectivity index (χ0) is 25.0. The highest BCUT2D eigenvalue weighted by Gasteiger charge is 2.35. The Hall–Kier alpha value is -0.540. The van der Waals surface area contributed by atoms with Crippen molar-refractivity contribution in [2.75, 3.05) is 39.1 Å². The van der Waals surface area contributed by atoms with E-state index in [1.807, 2.05) is 6.92 Å². The second kappa shape index (κ2) is 20.8. The molecule has 2 N–H and O–H groups in total. The van der Waals surface area contributed by atoms with Crippen LogP contribution in [0.2, 0.25) is 0 Å². The van der Waals surface area contributed by atoms with Crippen LogP contribution >= 0.6 is 7.60 Å². The molecule has 198 valence electrons. The number of carbonyl (C=O) groups is 1. The van der Waals surface area contributed by atoms with E-state index in [9.17, 15) is 19.1 Å². The van der Waals surface area contributed by atoms with Gasteiger partial charge in [-0.25, -0.2) is 5.06 Å². The molecule has 3 atom stereocenters. The van der Waals surface area contributed by atoms with Gasteiger partial charge in [-0.1, -0.05) is 53.4 Å². The highest BCUT2D eigenvalue weighted by Crippen LogP contribution is 2.36. The highest BCUT2D eigenvalue weighted by molar-refractivity contribution is 7.51. The maximum atomic E-state index is 11.7. The van der Waals surface area contributed by atoms with Crippen LogP contribution in [-0.2, 0) is 28.4 Å². The van der Waals surface area contributed by atoms with Crippen molar-refractivity contribution in [3.05, 3.63) is 0 Å². The average molecular weight is 498 g/mol. The second-order valence-electron chi connectivity index (χ2n) is 8.28. The van der Waals surface area contributed by atoms with Crippen LogP contribution in [0.15, 0.2) is 0 Å². The molecule has 0 radical (unpaired) electrons. The van der Waals surface area contributed by atoms with Gasteiger partial charge in [-0.2, -0.15) is 0 Å². The van der Waals surface area contributed by atoms with Gasteiger partial charge in [-0.3, -0.25) is 14.2 Å². The molecular formula is C23H48NO8P. The quantitative estimate of drug-likeness (QED) is 0.0878. The van der Waals surface area contributed by atoms with Crippen molar-refractivity contribution in [1.82, 2.24) is 5.06 Å². The summed E-state index contributed by atoms with van der Waals surface area (Å²) in [4.78, 5) is 36.2. The Bertz CT molecular complexity index is 505. The first-order chi connectivity index (χ1) is 15.8. The Morgan fingerprint density at radius 1 is 0.788 bits per heavy atom. The van der Waals surface area contributed by atoms with Gasteiger partial charge in [-0.05, 0) is 32.1 Å². The van der Waals surface area contributed by atoms with Gasteiger partial charge in [0.05, 0.1) is 25.4 Å². The smallest absolute Gasteiger partial charge is 0.325 e. The topological polar surface area (TPSA) is 115 Å². The fourth-order valence-electron chi connectivity index (χ4n) is 3.09. The summed E-state index contributed by atoms with van der Waals surface area (Å²) >= 11 is 0. The molecule has 0 aliphatic carbocycles. The fraction of sp³-hybridized carbons (Fsp3) is 0.957. The van der Waals surface area contributed by atoms with Gasteiger partial charge in [0.1, 0.15) is 12.2 Å². The van der Waals surface area contributed by atoms with Gasteiger partial charge in [-0.15, -0.1) is 0 Å². The monoisotopic (exact) mass is 497 g/mol. The molecule has 9 nitrogen and oxygen atoms in total. The van der Waals surface area contributed by atoms with Crippen LogP contribution in [0.3, 0.4) is 0 Å². The number of hydrogen-bond donors (Lipinski definition) is 2. The molecule has 0 bridgehead atoms. The van der Waals surface area contributed by atoms with E-state index in [-0.39, 0.29) is 19.1 Å². The van der Waals surface area contributed by atoms with E-state index in [1.54, 1.807) is 0 Å². The van der Waals surface area contributed by atoms with Crippen molar-refractivity contribution < 1.29 is 38.2 Å². The summed E-state index contributed by atoms with van der Waals surface area (Å²) < 4.78 is 30.0. The number of carbonyl (C=O) groups excluding carboxylic acids is 1. The van der Waals surface area contributed by atoms with Crippen LogP contribution < -0.4 is 0 Å². The Morgan fingerprint density at radius 3 is 1.76 bits per heavy atom. The number of amides is 1. The number of rotatable bonds is 24. The summed E-state index contributed by atoms with van der Waals surface area (Å²) in [7, 11) is -4.21. The zero-order valence-electron chi connectivity index (χ0n) is 21.2. The van der Waals surface area contributed by atoms with E-state index in [1.165, 1.54) is 5.06 Å². The number of hydrogen-bond acceptors (Lipinski definition) is 6. The average Bonchev–Trinajstić information content (AvgIpc) is 2.77. The number of hydroxylamine groups is 2. The first-order valence-electron chi connectivity index (χ1n) is 12.6. The van der Waals surface area contributed by atoms with E-state index in [0.717, 1.165) is 51.4 Å². The maximum Gasteiger partial charge on any atom is 0.325 e. The van der Waals surface area contributed by atoms with Gasteiger partial charge < -0.3 is 24.0 Å². The Balaban J connectivity index is 5.70. The van der Waals surface area contributed by atoms with Gasteiger partial charge in [0.2, 0.25) is 6.41 Å². The molecule has 0 aliphatic rings. The molecule has 0 saturated carbocycles. The normalized spacial score (nSPS) is 14.7. The molecule has 0 aromatic rings. The minimum Gasteiger partial charge on any atom is -0.375 e. The Morgan fingerprint density at radius 2 is 1.27 bits per heavy atom. The van der Waals surface area contributed by atoms with Crippen molar-refractivity contribution >= 4 is 14.0 Å². The molecule has 0 spiro atoms. The fourth-order valence-corrected chi connectivity index (χ4v) is 3.69. The van der Waals surface area contributed by atoms with Crippen molar-refractivity contribution in [1.29, 1.82) is 0 Å². The minimum atomic E-state index is -4.21. The van der Waals surface area contributed by atoms with E-state index in [4.69, 9.17) is 19.0 Å². The number of unbranched alkanes of at least 4 members (excludes halogenated alkanes) is 4. The van der Waals surface area contributed by atoms with Gasteiger partial charge in [0, 0.05) is 19.8 Å². The summed E-state index contributed by atoms with van der Waals surface area (Å²) in [6.07, 6.45) is 5.87. The molecule has 0 unspecified atom stereocenters. The predicted octanol–water partition coefficient (Wildman–Crippen LogP) is 4.30. The highest BCUT2D eigenvalue weighted by atomic mass is 31.2. The standard InChI is InChI=1S/C23H48NO8P/c1-5-9-14-29-21(13-18-33(26,27)28)23(31-16-11-7-3)22(30-15-10-6-2)19-24(20-25)32-17-12-8-4/h20-23H,5-19H2,1-4H3,(H2,26,27,28)/t21-,22-,23+/m1/s1. The third-order valence-electron chi connectivity index (χ3n) is 5.14. The maximum absolute atomic E-state index is 11.7. The molecule has 0 aliphatic heterocycles. The van der Waals surface area contributed by atoms with Gasteiger partial charge >= 0.3 is 7.60 Å².